The topological polar surface area (TPSA) is 212 Å². The van der Waals surface area contributed by atoms with Crippen molar-refractivity contribution in [1.29, 1.82) is 0 Å². The fourth-order valence-electron chi connectivity index (χ4n) is 3.51. The number of β-lactam (4-membered cyclic amide) rings is 1. The number of nitrogen functional groups attached to an aromatic ring is 1. The van der Waals surface area contributed by atoms with Gasteiger partial charge in [0.1, 0.15) is 29.4 Å². The highest BCUT2D eigenvalue weighted by Gasteiger charge is 2.54. The third-order valence-corrected chi connectivity index (χ3v) is 7.71. The van der Waals surface area contributed by atoms with Crippen LogP contribution in [-0.2, 0) is 33.4 Å². The number of esters is 2. The summed E-state index contributed by atoms with van der Waals surface area (Å²) in [6.45, 7) is 4.29. The van der Waals surface area contributed by atoms with E-state index in [1.807, 2.05) is 0 Å². The molecule has 1 aromatic heterocycles. The van der Waals surface area contributed by atoms with Gasteiger partial charge in [-0.25, -0.2) is 14.6 Å². The van der Waals surface area contributed by atoms with Gasteiger partial charge in [-0.15, -0.1) is 34.7 Å². The number of alkyl halides is 1. The van der Waals surface area contributed by atoms with Crippen LogP contribution in [0, 0.1) is 5.41 Å². The lowest BCUT2D eigenvalue weighted by Crippen LogP contribution is -2.71. The lowest BCUT2D eigenvalue weighted by Gasteiger charge is -2.49. The van der Waals surface area contributed by atoms with Crippen molar-refractivity contribution in [2.24, 2.45) is 10.6 Å². The molecule has 3 rings (SSSR count). The van der Waals surface area contributed by atoms with Gasteiger partial charge in [-0.2, -0.15) is 0 Å². The Morgan fingerprint density at radius 1 is 1.29 bits per heavy atom. The van der Waals surface area contributed by atoms with Gasteiger partial charge in [-0.05, 0) is 32.4 Å². The van der Waals surface area contributed by atoms with Gasteiger partial charge in [-0.3, -0.25) is 19.3 Å². The van der Waals surface area contributed by atoms with E-state index in [4.69, 9.17) is 31.5 Å². The van der Waals surface area contributed by atoms with Gasteiger partial charge in [0.05, 0.1) is 5.41 Å². The number of amides is 3. The summed E-state index contributed by atoms with van der Waals surface area (Å²) in [5.41, 5.74) is 4.57. The molecule has 3 heterocycles. The predicted molar refractivity (Wildman–Crippen MR) is 153 cm³/mol. The van der Waals surface area contributed by atoms with Crippen molar-refractivity contribution < 1.29 is 43.4 Å². The number of halogens is 1. The molecule has 1 fully saturated rings. The zero-order chi connectivity index (χ0) is 31.0. The molecule has 0 radical (unpaired) electrons. The standard InChI is InChI=1S/C24H29ClN6O9S2/c1-24(2,3)21(35)40-11-39-20(34)16-12(5-4-8-38-23(36)27-7-6-25)9-41-19-15(18(33)31(16)19)29-17(32)14(30-37)13-10-42-22(26)28-13/h4-5,10,15,19,37H,6-9,11H2,1-3H3,(H2,26,28)(H,27,36)(H,29,32)/b5-4-,30-14-/t15?,19-/m0/s1. The van der Waals surface area contributed by atoms with E-state index in [1.54, 1.807) is 20.8 Å². The van der Waals surface area contributed by atoms with Crippen LogP contribution in [0.1, 0.15) is 26.5 Å². The van der Waals surface area contributed by atoms with Crippen LogP contribution >= 0.6 is 34.7 Å². The van der Waals surface area contributed by atoms with Crippen molar-refractivity contribution in [2.45, 2.75) is 32.2 Å². The van der Waals surface area contributed by atoms with E-state index in [2.05, 4.69) is 20.8 Å². The molecule has 0 spiro atoms. The minimum Gasteiger partial charge on any atom is -0.445 e. The number of hydrogen-bond donors (Lipinski definition) is 4. The van der Waals surface area contributed by atoms with Crippen LogP contribution < -0.4 is 16.4 Å². The summed E-state index contributed by atoms with van der Waals surface area (Å²) in [6, 6.07) is -1.07. The highest BCUT2D eigenvalue weighted by Crippen LogP contribution is 2.41. The Hall–Kier alpha value is -3.83. The first kappa shape index (κ1) is 32.7. The molecule has 228 valence electrons. The van der Waals surface area contributed by atoms with Crippen molar-refractivity contribution in [3.8, 4) is 0 Å². The second-order valence-corrected chi connectivity index (χ2v) is 12.0. The van der Waals surface area contributed by atoms with Crippen molar-refractivity contribution in [2.75, 3.05) is 37.3 Å². The van der Waals surface area contributed by atoms with Crippen molar-refractivity contribution >= 4 is 75.4 Å². The van der Waals surface area contributed by atoms with Crippen LogP contribution in [0.5, 0.6) is 0 Å². The number of ether oxygens (including phenoxy) is 3. The first-order valence-corrected chi connectivity index (χ1v) is 14.7. The number of rotatable bonds is 11. The normalized spacial score (nSPS) is 18.7. The number of aromatic nitrogens is 1. The zero-order valence-electron chi connectivity index (χ0n) is 22.7. The van der Waals surface area contributed by atoms with Crippen molar-refractivity contribution in [1.82, 2.24) is 20.5 Å². The van der Waals surface area contributed by atoms with E-state index < -0.39 is 59.2 Å². The number of oxime groups is 1. The molecule has 3 amide bonds. The Kier molecular flexibility index (Phi) is 11.2. The summed E-state index contributed by atoms with van der Waals surface area (Å²) in [4.78, 5) is 67.9. The Balaban J connectivity index is 1.76. The van der Waals surface area contributed by atoms with Gasteiger partial charge in [0.25, 0.3) is 11.8 Å². The molecule has 2 atom stereocenters. The Morgan fingerprint density at radius 3 is 2.64 bits per heavy atom. The fourth-order valence-corrected chi connectivity index (χ4v) is 5.48. The number of carbonyl (C=O) groups is 5. The number of thiazole rings is 1. The average molecular weight is 645 g/mol. The smallest absolute Gasteiger partial charge is 0.407 e. The molecule has 15 nitrogen and oxygen atoms in total. The average Bonchev–Trinajstić information content (AvgIpc) is 3.37. The maximum atomic E-state index is 13.2. The Bertz CT molecular complexity index is 1320. The number of nitrogens with one attached hydrogen (secondary N) is 2. The second-order valence-electron chi connectivity index (χ2n) is 9.60. The van der Waals surface area contributed by atoms with E-state index in [0.717, 1.165) is 16.2 Å². The maximum absolute atomic E-state index is 13.2. The summed E-state index contributed by atoms with van der Waals surface area (Å²) >= 11 is 7.79. The van der Waals surface area contributed by atoms with Crippen LogP contribution in [0.15, 0.2) is 34.0 Å². The molecule has 1 unspecified atom stereocenters. The van der Waals surface area contributed by atoms with E-state index in [-0.39, 0.29) is 41.3 Å². The monoisotopic (exact) mass is 644 g/mol. The molecule has 0 bridgehead atoms. The number of alkyl carbamates (subject to hydrolysis) is 1. The number of nitrogens with two attached hydrogens (primary N) is 1. The number of fused-ring (bicyclic) bond motifs is 1. The Labute approximate surface area is 253 Å². The lowest BCUT2D eigenvalue weighted by molar-refractivity contribution is -0.173. The number of allylic oxidation sites excluding steroid dienone is 1. The summed E-state index contributed by atoms with van der Waals surface area (Å²) in [6.07, 6.45) is 2.28. The first-order chi connectivity index (χ1) is 19.9. The number of anilines is 1. The summed E-state index contributed by atoms with van der Waals surface area (Å²) < 4.78 is 15.2. The van der Waals surface area contributed by atoms with E-state index in [0.29, 0.717) is 5.57 Å². The molecule has 1 saturated heterocycles. The van der Waals surface area contributed by atoms with Crippen LogP contribution in [-0.4, -0.2) is 93.6 Å². The minimum absolute atomic E-state index is 0.0253. The highest BCUT2D eigenvalue weighted by atomic mass is 35.5. The zero-order valence-corrected chi connectivity index (χ0v) is 25.1. The van der Waals surface area contributed by atoms with E-state index >= 15 is 0 Å². The van der Waals surface area contributed by atoms with Crippen LogP contribution in [0.3, 0.4) is 0 Å². The van der Waals surface area contributed by atoms with Gasteiger partial charge < -0.3 is 35.8 Å². The van der Waals surface area contributed by atoms with Crippen LogP contribution in [0.2, 0.25) is 0 Å². The molecule has 1 aromatic rings. The maximum Gasteiger partial charge on any atom is 0.407 e. The second kappa shape index (κ2) is 14.4. The van der Waals surface area contributed by atoms with Gasteiger partial charge in [0.2, 0.25) is 6.79 Å². The number of nitrogens with zero attached hydrogens (tertiary/aromatic N) is 3. The molecule has 0 saturated carbocycles. The number of hydrogen-bond acceptors (Lipinski definition) is 14. The quantitative estimate of drug-likeness (QED) is 0.0508. The molecule has 2 aliphatic heterocycles. The van der Waals surface area contributed by atoms with Crippen LogP contribution in [0.25, 0.3) is 0 Å². The minimum atomic E-state index is -1.07. The molecule has 0 aromatic carbocycles. The third-order valence-electron chi connectivity index (χ3n) is 5.54. The van der Waals surface area contributed by atoms with E-state index in [1.165, 1.54) is 29.3 Å². The van der Waals surface area contributed by atoms with Gasteiger partial charge in [0, 0.05) is 23.6 Å². The highest BCUT2D eigenvalue weighted by molar-refractivity contribution is 8.00. The molecule has 42 heavy (non-hydrogen) atoms. The summed E-state index contributed by atoms with van der Waals surface area (Å²) in [5, 5.41) is 18.1. The summed E-state index contributed by atoms with van der Waals surface area (Å²) in [7, 11) is 0. The van der Waals surface area contributed by atoms with Gasteiger partial charge in [0.15, 0.2) is 10.8 Å². The number of thioether (sulfide) groups is 1. The van der Waals surface area contributed by atoms with Crippen molar-refractivity contribution in [3.63, 3.8) is 0 Å². The largest absolute Gasteiger partial charge is 0.445 e. The molecule has 0 aliphatic carbocycles. The third kappa shape index (κ3) is 7.92. The lowest BCUT2D eigenvalue weighted by atomic mass is 9.98. The predicted octanol–water partition coefficient (Wildman–Crippen LogP) is 1.17. The van der Waals surface area contributed by atoms with Gasteiger partial charge >= 0.3 is 18.0 Å². The molecular weight excluding hydrogens is 616 g/mol. The molecule has 18 heteroatoms. The van der Waals surface area contributed by atoms with E-state index in [9.17, 15) is 29.2 Å². The van der Waals surface area contributed by atoms with Crippen molar-refractivity contribution in [3.05, 3.63) is 34.5 Å². The Morgan fingerprint density at radius 2 is 2.02 bits per heavy atom. The van der Waals surface area contributed by atoms with Crippen LogP contribution in [0.4, 0.5) is 9.93 Å². The molecule has 5 N–H and O–H groups in total. The summed E-state index contributed by atoms with van der Waals surface area (Å²) in [5.74, 6) is -2.65. The molecule has 2 aliphatic rings. The molecular formula is C24H29ClN6O9S2. The number of carbonyl (C=O) groups excluding carboxylic acids is 5. The van der Waals surface area contributed by atoms with Gasteiger partial charge in [-0.1, -0.05) is 11.2 Å². The fraction of sp³-hybridized carbons (Fsp3) is 0.458. The first-order valence-electron chi connectivity index (χ1n) is 12.3. The SMILES string of the molecule is CC(C)(C)C(=O)OCOC(=O)C1=C(/C=C\COC(=O)NCCCl)CS[C@H]2C(NC(=O)/C(=N\O)c3csc(N)n3)C(=O)N12.